The highest BCUT2D eigenvalue weighted by atomic mass is 16.4. The highest BCUT2D eigenvalue weighted by Crippen LogP contribution is 2.31. The molecule has 5 nitrogen and oxygen atoms in total. The van der Waals surface area contributed by atoms with Crippen LogP contribution in [0, 0.1) is 0 Å². The number of amides is 1. The number of hydrogen-bond acceptors (Lipinski definition) is 3. The lowest BCUT2D eigenvalue weighted by molar-refractivity contribution is -0.149. The van der Waals surface area contributed by atoms with E-state index in [1.54, 1.807) is 0 Å². The predicted molar refractivity (Wildman–Crippen MR) is 62.2 cm³/mol. The molecule has 2 aliphatic rings. The third-order valence-electron chi connectivity index (χ3n) is 3.39. The summed E-state index contributed by atoms with van der Waals surface area (Å²) in [5.41, 5.74) is 6.53. The van der Waals surface area contributed by atoms with Crippen LogP contribution in [0.25, 0.3) is 0 Å². The highest BCUT2D eigenvalue weighted by Gasteiger charge is 2.43. The van der Waals surface area contributed by atoms with Crippen molar-refractivity contribution in [3.8, 4) is 0 Å². The number of aliphatic carboxylic acids is 1. The summed E-state index contributed by atoms with van der Waals surface area (Å²) < 4.78 is 0. The van der Waals surface area contributed by atoms with Gasteiger partial charge in [0, 0.05) is 0 Å². The normalized spacial score (nSPS) is 35.1. The van der Waals surface area contributed by atoms with Gasteiger partial charge in [-0.15, -0.1) is 0 Å². The van der Waals surface area contributed by atoms with Gasteiger partial charge >= 0.3 is 5.97 Å². The van der Waals surface area contributed by atoms with Crippen LogP contribution in [0.3, 0.4) is 0 Å². The van der Waals surface area contributed by atoms with Gasteiger partial charge in [-0.1, -0.05) is 18.7 Å². The molecule has 2 aliphatic heterocycles. The van der Waals surface area contributed by atoms with E-state index in [1.807, 2.05) is 12.2 Å². The Bertz CT molecular complexity index is 403. The van der Waals surface area contributed by atoms with E-state index in [9.17, 15) is 9.59 Å². The Hall–Kier alpha value is -1.62. The van der Waals surface area contributed by atoms with Gasteiger partial charge in [-0.2, -0.15) is 0 Å². The molecule has 0 radical (unpaired) electrons. The van der Waals surface area contributed by atoms with Crippen LogP contribution in [-0.2, 0) is 9.59 Å². The minimum Gasteiger partial charge on any atom is -0.480 e. The predicted octanol–water partition coefficient (Wildman–Crippen LogP) is 0.274. The van der Waals surface area contributed by atoms with Gasteiger partial charge in [0.2, 0.25) is 5.91 Å². The summed E-state index contributed by atoms with van der Waals surface area (Å²) >= 11 is 0. The number of carbonyl (C=O) groups is 2. The Morgan fingerprint density at radius 2 is 2.24 bits per heavy atom. The molecular formula is C12H16N2O3. The Morgan fingerprint density at radius 1 is 1.53 bits per heavy atom. The molecule has 1 saturated heterocycles. The zero-order chi connectivity index (χ0) is 12.6. The second-order valence-electron chi connectivity index (χ2n) is 4.51. The molecule has 3 atom stereocenters. The van der Waals surface area contributed by atoms with Crippen molar-refractivity contribution in [3.05, 3.63) is 24.3 Å². The molecule has 5 heteroatoms. The smallest absolute Gasteiger partial charge is 0.326 e. The largest absolute Gasteiger partial charge is 0.480 e. The van der Waals surface area contributed by atoms with E-state index >= 15 is 0 Å². The van der Waals surface area contributed by atoms with Crippen LogP contribution in [0.15, 0.2) is 24.3 Å². The summed E-state index contributed by atoms with van der Waals surface area (Å²) in [6, 6.07) is -1.63. The van der Waals surface area contributed by atoms with Crippen LogP contribution in [0.2, 0.25) is 0 Å². The van der Waals surface area contributed by atoms with E-state index in [2.05, 4.69) is 6.58 Å². The first-order chi connectivity index (χ1) is 8.02. The first-order valence-electron chi connectivity index (χ1n) is 5.68. The van der Waals surface area contributed by atoms with Crippen LogP contribution in [0.1, 0.15) is 19.3 Å². The first kappa shape index (κ1) is 11.9. The zero-order valence-electron chi connectivity index (χ0n) is 9.50. The van der Waals surface area contributed by atoms with E-state index in [4.69, 9.17) is 10.8 Å². The molecule has 0 unspecified atom stereocenters. The van der Waals surface area contributed by atoms with Crippen LogP contribution in [0.5, 0.6) is 0 Å². The maximum Gasteiger partial charge on any atom is 0.326 e. The van der Waals surface area contributed by atoms with Crippen molar-refractivity contribution in [2.75, 3.05) is 0 Å². The van der Waals surface area contributed by atoms with Gasteiger partial charge in [0.1, 0.15) is 6.04 Å². The molecule has 17 heavy (non-hydrogen) atoms. The summed E-state index contributed by atoms with van der Waals surface area (Å²) in [4.78, 5) is 24.6. The van der Waals surface area contributed by atoms with Crippen molar-refractivity contribution in [2.45, 2.75) is 37.4 Å². The SMILES string of the molecule is C=C1/C=C\C[C@H](N)C(=O)N2[C@@H]1CC[C@H]2C(=O)O. The van der Waals surface area contributed by atoms with Crippen molar-refractivity contribution in [1.82, 2.24) is 4.90 Å². The molecule has 3 N–H and O–H groups in total. The number of carboxylic acids is 1. The van der Waals surface area contributed by atoms with E-state index < -0.39 is 18.1 Å². The van der Waals surface area contributed by atoms with Gasteiger partial charge in [0.25, 0.3) is 0 Å². The lowest BCUT2D eigenvalue weighted by Gasteiger charge is -2.32. The van der Waals surface area contributed by atoms with E-state index in [1.165, 1.54) is 4.90 Å². The minimum atomic E-state index is -0.967. The standard InChI is InChI=1S/C12H16N2O3/c1-7-3-2-4-8(13)11(15)14-9(7)5-6-10(14)12(16)17/h2-3,8-10H,1,4-6,13H2,(H,16,17)/b3-2-/t8-,9+,10-/m0/s1. The fraction of sp³-hybridized carbons (Fsp3) is 0.500. The molecule has 2 rings (SSSR count). The highest BCUT2D eigenvalue weighted by molar-refractivity contribution is 5.88. The van der Waals surface area contributed by atoms with Crippen molar-refractivity contribution < 1.29 is 14.7 Å². The number of nitrogens with two attached hydrogens (primary N) is 1. The van der Waals surface area contributed by atoms with Gasteiger partial charge in [0.15, 0.2) is 0 Å². The number of carbonyl (C=O) groups excluding carboxylic acids is 1. The molecule has 2 heterocycles. The van der Waals surface area contributed by atoms with E-state index in [0.29, 0.717) is 19.3 Å². The molecule has 0 spiro atoms. The van der Waals surface area contributed by atoms with Gasteiger partial charge in [0.05, 0.1) is 12.1 Å². The molecule has 0 aromatic carbocycles. The summed E-state index contributed by atoms with van der Waals surface area (Å²) in [5, 5.41) is 9.12. The molecule has 0 aromatic heterocycles. The molecule has 1 amide bonds. The zero-order valence-corrected chi connectivity index (χ0v) is 9.50. The van der Waals surface area contributed by atoms with Crippen molar-refractivity contribution >= 4 is 11.9 Å². The fourth-order valence-corrected chi connectivity index (χ4v) is 2.49. The number of rotatable bonds is 1. The molecule has 0 saturated carbocycles. The fourth-order valence-electron chi connectivity index (χ4n) is 2.49. The van der Waals surface area contributed by atoms with Crippen molar-refractivity contribution in [3.63, 3.8) is 0 Å². The Kier molecular flexibility index (Phi) is 3.02. The van der Waals surface area contributed by atoms with Gasteiger partial charge in [-0.05, 0) is 24.8 Å². The molecule has 1 fully saturated rings. The molecule has 92 valence electrons. The quantitative estimate of drug-likeness (QED) is 0.684. The molecular weight excluding hydrogens is 220 g/mol. The Morgan fingerprint density at radius 3 is 2.88 bits per heavy atom. The van der Waals surface area contributed by atoms with Crippen LogP contribution < -0.4 is 5.73 Å². The molecule has 0 aromatic rings. The van der Waals surface area contributed by atoms with Crippen LogP contribution >= 0.6 is 0 Å². The summed E-state index contributed by atoms with van der Waals surface area (Å²) in [6.07, 6.45) is 5.20. The van der Waals surface area contributed by atoms with Crippen LogP contribution in [0.4, 0.5) is 0 Å². The molecule has 0 bridgehead atoms. The first-order valence-corrected chi connectivity index (χ1v) is 5.68. The van der Waals surface area contributed by atoms with Gasteiger partial charge in [-0.25, -0.2) is 4.79 Å². The van der Waals surface area contributed by atoms with Gasteiger partial charge in [-0.3, -0.25) is 4.79 Å². The summed E-state index contributed by atoms with van der Waals surface area (Å²) in [6.45, 7) is 3.90. The number of nitrogens with zero attached hydrogens (tertiary/aromatic N) is 1. The van der Waals surface area contributed by atoms with E-state index in [0.717, 1.165) is 5.57 Å². The summed E-state index contributed by atoms with van der Waals surface area (Å²) in [7, 11) is 0. The topological polar surface area (TPSA) is 83.6 Å². The lowest BCUT2D eigenvalue weighted by Crippen LogP contribution is -2.52. The average molecular weight is 236 g/mol. The van der Waals surface area contributed by atoms with Gasteiger partial charge < -0.3 is 15.7 Å². The summed E-state index contributed by atoms with van der Waals surface area (Å²) in [5.74, 6) is -1.25. The second-order valence-corrected chi connectivity index (χ2v) is 4.51. The second kappa shape index (κ2) is 4.33. The van der Waals surface area contributed by atoms with Crippen LogP contribution in [-0.4, -0.2) is 40.0 Å². The Labute approximate surface area is 99.6 Å². The minimum absolute atomic E-state index is 0.216. The van der Waals surface area contributed by atoms with Crippen molar-refractivity contribution in [2.24, 2.45) is 5.73 Å². The third-order valence-corrected chi connectivity index (χ3v) is 3.39. The maximum absolute atomic E-state index is 12.1. The maximum atomic E-state index is 12.1. The molecule has 0 aliphatic carbocycles. The Balaban J connectivity index is 2.36. The number of fused-ring (bicyclic) bond motifs is 1. The van der Waals surface area contributed by atoms with Crippen molar-refractivity contribution in [1.29, 1.82) is 0 Å². The number of hydrogen-bond donors (Lipinski definition) is 2. The lowest BCUT2D eigenvalue weighted by atomic mass is 10.0. The third kappa shape index (κ3) is 1.98. The number of carboxylic acid groups (broad SMARTS) is 1. The monoisotopic (exact) mass is 236 g/mol. The average Bonchev–Trinajstić information content (AvgIpc) is 2.70. The van der Waals surface area contributed by atoms with E-state index in [-0.39, 0.29) is 11.9 Å².